The Kier molecular flexibility index (Phi) is 9.40. The monoisotopic (exact) mass is 581 g/mol. The van der Waals surface area contributed by atoms with Crippen LogP contribution in [0.15, 0.2) is 43.0 Å². The number of alkyl halides is 3. The molecule has 0 radical (unpaired) electrons. The zero-order valence-electron chi connectivity index (χ0n) is 24.3. The number of aryl methyl sites for hydroxylation is 1. The summed E-state index contributed by atoms with van der Waals surface area (Å²) in [7, 11) is 0. The number of rotatable bonds is 13. The van der Waals surface area contributed by atoms with Gasteiger partial charge in [0.2, 0.25) is 0 Å². The van der Waals surface area contributed by atoms with E-state index < -0.39 is 11.9 Å². The maximum atomic E-state index is 14.1. The fourth-order valence-electron chi connectivity index (χ4n) is 5.90. The molecular weight excluding hydrogens is 543 g/mol. The van der Waals surface area contributed by atoms with Gasteiger partial charge in [-0.3, -0.25) is 18.9 Å². The van der Waals surface area contributed by atoms with Gasteiger partial charge in [-0.1, -0.05) is 44.9 Å². The second kappa shape index (κ2) is 13.2. The Morgan fingerprint density at radius 1 is 1.12 bits per heavy atom. The minimum absolute atomic E-state index is 0.0152. The van der Waals surface area contributed by atoms with E-state index in [0.717, 1.165) is 48.8 Å². The summed E-state index contributed by atoms with van der Waals surface area (Å²) in [6.07, 6.45) is 9.08. The van der Waals surface area contributed by atoms with Crippen LogP contribution in [0.4, 0.5) is 13.2 Å². The predicted molar refractivity (Wildman–Crippen MR) is 154 cm³/mol. The number of fused-ring (bicyclic) bond motifs is 1. The standard InChI is InChI=1S/C32H38F3N5O2/c1-3-15-42-16-7-10-29(41)25-12-11-23(17-24(25)4-2)18-27-31-37-19-28(40(31)14-13-36-27)26-21-39(20-22-8-5-6-9-22)38-30(26)32(33,34)35/h11-14,17,19,21-22H,3-10,15-16,18,20H2,1-2H3. The van der Waals surface area contributed by atoms with Gasteiger partial charge in [0.15, 0.2) is 17.1 Å². The van der Waals surface area contributed by atoms with Gasteiger partial charge in [0.05, 0.1) is 23.1 Å². The number of imidazole rings is 1. The van der Waals surface area contributed by atoms with Crippen molar-refractivity contribution in [1.82, 2.24) is 24.1 Å². The van der Waals surface area contributed by atoms with Gasteiger partial charge in [-0.2, -0.15) is 18.3 Å². The molecule has 0 spiro atoms. The normalized spacial score (nSPS) is 14.3. The third-order valence-electron chi connectivity index (χ3n) is 7.99. The average molecular weight is 582 g/mol. The number of ether oxygens (including phenoxy) is 1. The summed E-state index contributed by atoms with van der Waals surface area (Å²) in [6, 6.07) is 5.81. The number of carbonyl (C=O) groups is 1. The fourth-order valence-corrected chi connectivity index (χ4v) is 5.90. The minimum Gasteiger partial charge on any atom is -0.381 e. The van der Waals surface area contributed by atoms with Crippen LogP contribution in [0.25, 0.3) is 16.9 Å². The summed E-state index contributed by atoms with van der Waals surface area (Å²) >= 11 is 0. The Morgan fingerprint density at radius 3 is 2.67 bits per heavy atom. The van der Waals surface area contributed by atoms with Crippen molar-refractivity contribution in [3.63, 3.8) is 0 Å². The van der Waals surface area contributed by atoms with Gasteiger partial charge < -0.3 is 4.74 Å². The van der Waals surface area contributed by atoms with E-state index in [0.29, 0.717) is 68.4 Å². The fraction of sp³-hybridized carbons (Fsp3) is 0.500. The van der Waals surface area contributed by atoms with E-state index in [1.165, 1.54) is 17.1 Å². The summed E-state index contributed by atoms with van der Waals surface area (Å²) in [5.74, 6) is 0.455. The number of nitrogens with zero attached hydrogens (tertiary/aromatic N) is 5. The lowest BCUT2D eigenvalue weighted by Gasteiger charge is -2.11. The molecule has 0 amide bonds. The molecule has 1 aliphatic carbocycles. The van der Waals surface area contributed by atoms with E-state index in [9.17, 15) is 18.0 Å². The molecule has 224 valence electrons. The number of benzene rings is 1. The molecule has 42 heavy (non-hydrogen) atoms. The Hall–Kier alpha value is -3.53. The predicted octanol–water partition coefficient (Wildman–Crippen LogP) is 7.34. The second-order valence-corrected chi connectivity index (χ2v) is 11.1. The lowest BCUT2D eigenvalue weighted by Crippen LogP contribution is -2.11. The van der Waals surface area contributed by atoms with E-state index in [2.05, 4.69) is 22.0 Å². The first-order chi connectivity index (χ1) is 20.3. The van der Waals surface area contributed by atoms with Crippen molar-refractivity contribution in [2.45, 2.75) is 84.4 Å². The van der Waals surface area contributed by atoms with Gasteiger partial charge >= 0.3 is 6.18 Å². The number of hydrogen-bond acceptors (Lipinski definition) is 5. The average Bonchev–Trinajstić information content (AvgIpc) is 3.73. The van der Waals surface area contributed by atoms with Crippen molar-refractivity contribution in [2.24, 2.45) is 5.92 Å². The first-order valence-electron chi connectivity index (χ1n) is 15.0. The molecular formula is C32H38F3N5O2. The zero-order valence-corrected chi connectivity index (χ0v) is 24.3. The maximum absolute atomic E-state index is 14.1. The van der Waals surface area contributed by atoms with Crippen LogP contribution in [0.5, 0.6) is 0 Å². The molecule has 0 atom stereocenters. The SMILES string of the molecule is CCCOCCCC(=O)c1ccc(Cc2nccn3c(-c4cn(CC5CCCC5)nc4C(F)(F)F)cnc23)cc1CC. The van der Waals surface area contributed by atoms with Crippen LogP contribution in [0.1, 0.15) is 91.7 Å². The smallest absolute Gasteiger partial charge is 0.381 e. The Balaban J connectivity index is 1.39. The van der Waals surface area contributed by atoms with Crippen LogP contribution in [-0.2, 0) is 30.3 Å². The molecule has 0 saturated heterocycles. The largest absolute Gasteiger partial charge is 0.435 e. The summed E-state index contributed by atoms with van der Waals surface area (Å²) in [5.41, 5.74) is 3.23. The van der Waals surface area contributed by atoms with E-state index in [-0.39, 0.29) is 11.3 Å². The Morgan fingerprint density at radius 2 is 1.93 bits per heavy atom. The lowest BCUT2D eigenvalue weighted by atomic mass is 9.95. The van der Waals surface area contributed by atoms with Crippen molar-refractivity contribution in [2.75, 3.05) is 13.2 Å². The topological polar surface area (TPSA) is 74.3 Å². The lowest BCUT2D eigenvalue weighted by molar-refractivity contribution is -0.141. The van der Waals surface area contributed by atoms with E-state index in [1.807, 2.05) is 25.1 Å². The molecule has 0 bridgehead atoms. The first kappa shape index (κ1) is 29.9. The number of hydrogen-bond donors (Lipinski definition) is 0. The Labute approximate surface area is 244 Å². The molecule has 4 aromatic rings. The first-order valence-corrected chi connectivity index (χ1v) is 15.0. The van der Waals surface area contributed by atoms with Crippen LogP contribution in [0, 0.1) is 5.92 Å². The zero-order chi connectivity index (χ0) is 29.7. The van der Waals surface area contributed by atoms with Crippen LogP contribution in [0.2, 0.25) is 0 Å². The summed E-state index contributed by atoms with van der Waals surface area (Å²) in [4.78, 5) is 21.9. The van der Waals surface area contributed by atoms with Gasteiger partial charge in [-0.15, -0.1) is 0 Å². The maximum Gasteiger partial charge on any atom is 0.435 e. The van der Waals surface area contributed by atoms with Crippen molar-refractivity contribution >= 4 is 11.4 Å². The summed E-state index contributed by atoms with van der Waals surface area (Å²) in [5, 5.41) is 3.97. The number of ketones is 1. The van der Waals surface area contributed by atoms with Gasteiger partial charge in [0.1, 0.15) is 0 Å². The van der Waals surface area contributed by atoms with Crippen LogP contribution < -0.4 is 0 Å². The van der Waals surface area contributed by atoms with E-state index >= 15 is 0 Å². The summed E-state index contributed by atoms with van der Waals surface area (Å²) in [6.45, 7) is 5.84. The van der Waals surface area contributed by atoms with Gasteiger partial charge in [-0.05, 0) is 49.1 Å². The molecule has 5 rings (SSSR count). The molecule has 1 aromatic carbocycles. The van der Waals surface area contributed by atoms with Crippen LogP contribution in [0.3, 0.4) is 0 Å². The third kappa shape index (κ3) is 6.75. The molecule has 7 nitrogen and oxygen atoms in total. The number of carbonyl (C=O) groups excluding carboxylic acids is 1. The number of aromatic nitrogens is 5. The minimum atomic E-state index is -4.59. The highest BCUT2D eigenvalue weighted by Crippen LogP contribution is 2.37. The van der Waals surface area contributed by atoms with Gasteiger partial charge in [0.25, 0.3) is 0 Å². The third-order valence-corrected chi connectivity index (χ3v) is 7.99. The molecule has 3 heterocycles. The molecule has 1 fully saturated rings. The van der Waals surface area contributed by atoms with Crippen molar-refractivity contribution in [3.8, 4) is 11.3 Å². The van der Waals surface area contributed by atoms with Gasteiger partial charge in [0, 0.05) is 56.8 Å². The molecule has 0 unspecified atom stereocenters. The van der Waals surface area contributed by atoms with Crippen molar-refractivity contribution in [3.05, 3.63) is 71.1 Å². The Bertz CT molecular complexity index is 1520. The molecule has 0 aliphatic heterocycles. The number of Topliss-reactive ketones (excluding diaryl/α,β-unsaturated/α-hetero) is 1. The highest BCUT2D eigenvalue weighted by molar-refractivity contribution is 5.97. The van der Waals surface area contributed by atoms with Crippen molar-refractivity contribution < 1.29 is 22.7 Å². The highest BCUT2D eigenvalue weighted by Gasteiger charge is 2.38. The molecule has 10 heteroatoms. The second-order valence-electron chi connectivity index (χ2n) is 11.1. The molecule has 0 N–H and O–H groups in total. The van der Waals surface area contributed by atoms with Gasteiger partial charge in [-0.25, -0.2) is 4.98 Å². The molecule has 3 aromatic heterocycles. The highest BCUT2D eigenvalue weighted by atomic mass is 19.4. The van der Waals surface area contributed by atoms with E-state index in [4.69, 9.17) is 4.74 Å². The number of halogens is 3. The quantitative estimate of drug-likeness (QED) is 0.122. The molecule has 1 saturated carbocycles. The summed E-state index contributed by atoms with van der Waals surface area (Å²) < 4.78 is 50.8. The van der Waals surface area contributed by atoms with Crippen molar-refractivity contribution in [1.29, 1.82) is 0 Å². The molecule has 1 aliphatic rings. The van der Waals surface area contributed by atoms with Crippen LogP contribution in [-0.4, -0.2) is 43.1 Å². The van der Waals surface area contributed by atoms with E-state index in [1.54, 1.807) is 16.8 Å². The van der Waals surface area contributed by atoms with Crippen LogP contribution >= 0.6 is 0 Å².